The topological polar surface area (TPSA) is 46.2 Å². The first-order valence-corrected chi connectivity index (χ1v) is 6.16. The molecule has 1 aromatic rings. The van der Waals surface area contributed by atoms with E-state index in [9.17, 15) is 12.8 Å². The van der Waals surface area contributed by atoms with Crippen molar-refractivity contribution in [3.63, 3.8) is 0 Å². The smallest absolute Gasteiger partial charge is 0.207 e. The number of hydrogen-bond acceptors (Lipinski definition) is 2. The monoisotopic (exact) mass is 261 g/mol. The lowest BCUT2D eigenvalue weighted by atomic mass is 10.3. The average molecular weight is 262 g/mol. The molecule has 0 heterocycles. The normalized spacial score (nSPS) is 13.1. The van der Waals surface area contributed by atoms with Crippen LogP contribution in [0, 0.1) is 18.2 Å². The van der Waals surface area contributed by atoms with Gasteiger partial charge in [-0.3, -0.25) is 0 Å². The highest BCUT2D eigenvalue weighted by Crippen LogP contribution is 2.22. The molecule has 1 N–H and O–H groups in total. The first-order chi connectivity index (χ1) is 7.36. The van der Waals surface area contributed by atoms with Crippen molar-refractivity contribution in [1.82, 2.24) is 4.72 Å². The van der Waals surface area contributed by atoms with Crippen LogP contribution in [0.4, 0.5) is 4.39 Å². The number of nitrogens with one attached hydrogen (secondary N) is 1. The summed E-state index contributed by atoms with van der Waals surface area (Å²) in [6, 6.07) is 2.40. The summed E-state index contributed by atoms with van der Waals surface area (Å²) in [6.07, 6.45) is 5.04. The lowest BCUT2D eigenvalue weighted by Crippen LogP contribution is -2.31. The van der Waals surface area contributed by atoms with E-state index in [0.29, 0.717) is 0 Å². The minimum absolute atomic E-state index is 0.0573. The summed E-state index contributed by atoms with van der Waals surface area (Å²) < 4.78 is 38.5. The second-order valence-electron chi connectivity index (χ2n) is 3.08. The maximum absolute atomic E-state index is 12.9. The predicted octanol–water partition coefficient (Wildman–Crippen LogP) is 1.78. The zero-order valence-corrected chi connectivity index (χ0v) is 9.94. The van der Waals surface area contributed by atoms with E-state index in [-0.39, 0.29) is 9.92 Å². The van der Waals surface area contributed by atoms with Crippen LogP contribution in [0.5, 0.6) is 0 Å². The van der Waals surface area contributed by atoms with E-state index < -0.39 is 21.9 Å². The number of sulfonamides is 1. The van der Waals surface area contributed by atoms with Crippen LogP contribution >= 0.6 is 11.6 Å². The van der Waals surface area contributed by atoms with Gasteiger partial charge in [-0.1, -0.05) is 17.5 Å². The van der Waals surface area contributed by atoms with E-state index in [1.807, 2.05) is 0 Å². The van der Waals surface area contributed by atoms with E-state index in [4.69, 9.17) is 18.0 Å². The molecule has 0 aliphatic rings. The Balaban J connectivity index is 3.18. The van der Waals surface area contributed by atoms with E-state index in [1.54, 1.807) is 0 Å². The lowest BCUT2D eigenvalue weighted by molar-refractivity contribution is 0.574. The fourth-order valence-corrected chi connectivity index (χ4v) is 2.69. The maximum atomic E-state index is 12.9. The van der Waals surface area contributed by atoms with Gasteiger partial charge in [0, 0.05) is 0 Å². The summed E-state index contributed by atoms with van der Waals surface area (Å²) >= 11 is 5.67. The Labute approximate surface area is 98.7 Å². The van der Waals surface area contributed by atoms with Crippen LogP contribution in [0.15, 0.2) is 23.1 Å². The highest BCUT2D eigenvalue weighted by Gasteiger charge is 2.20. The molecule has 3 nitrogen and oxygen atoms in total. The van der Waals surface area contributed by atoms with Gasteiger partial charge >= 0.3 is 0 Å². The van der Waals surface area contributed by atoms with Gasteiger partial charge in [-0.25, -0.2) is 12.8 Å². The van der Waals surface area contributed by atoms with Gasteiger partial charge < -0.3 is 0 Å². The molecule has 0 saturated heterocycles. The van der Waals surface area contributed by atoms with Crippen molar-refractivity contribution in [1.29, 1.82) is 0 Å². The third-order valence-electron chi connectivity index (χ3n) is 1.76. The number of halogens is 2. The fraction of sp³-hybridized carbons (Fsp3) is 0.200. The Hall–Kier alpha value is -1.09. The average Bonchev–Trinajstić information content (AvgIpc) is 2.20. The summed E-state index contributed by atoms with van der Waals surface area (Å²) in [6.45, 7) is 1.49. The van der Waals surface area contributed by atoms with E-state index >= 15 is 0 Å². The van der Waals surface area contributed by atoms with Crippen molar-refractivity contribution in [2.45, 2.75) is 17.9 Å². The van der Waals surface area contributed by atoms with Crippen LogP contribution in [-0.4, -0.2) is 14.5 Å². The zero-order valence-electron chi connectivity index (χ0n) is 8.37. The first-order valence-electron chi connectivity index (χ1n) is 4.30. The standard InChI is InChI=1S/C10H9ClFNO2S/c1-3-7(2)13-16(14,15)10-6-8(12)4-5-9(10)11/h1,4-7,13H,2H3/t7-/m0/s1. The molecule has 0 aromatic heterocycles. The Morgan fingerprint density at radius 1 is 1.56 bits per heavy atom. The zero-order chi connectivity index (χ0) is 12.3. The molecule has 16 heavy (non-hydrogen) atoms. The molecule has 0 radical (unpaired) electrons. The molecular formula is C10H9ClFNO2S. The van der Waals surface area contributed by atoms with Gasteiger partial charge in [0.1, 0.15) is 10.7 Å². The van der Waals surface area contributed by atoms with Crippen LogP contribution < -0.4 is 4.72 Å². The molecule has 0 bridgehead atoms. The van der Waals surface area contributed by atoms with Crippen molar-refractivity contribution in [3.05, 3.63) is 29.0 Å². The summed E-state index contributed by atoms with van der Waals surface area (Å²) in [5.74, 6) is 1.52. The van der Waals surface area contributed by atoms with Gasteiger partial charge in [-0.15, -0.1) is 6.42 Å². The molecular weight excluding hydrogens is 253 g/mol. The van der Waals surface area contributed by atoms with Gasteiger partial charge in [0.25, 0.3) is 0 Å². The molecule has 1 atom stereocenters. The molecule has 1 rings (SSSR count). The second-order valence-corrected chi connectivity index (χ2v) is 5.17. The summed E-state index contributed by atoms with van der Waals surface area (Å²) in [5.41, 5.74) is 0. The molecule has 0 aliphatic heterocycles. The minimum Gasteiger partial charge on any atom is -0.207 e. The summed E-state index contributed by atoms with van der Waals surface area (Å²) in [7, 11) is -3.89. The lowest BCUT2D eigenvalue weighted by Gasteiger charge is -2.10. The van der Waals surface area contributed by atoms with Crippen LogP contribution in [0.25, 0.3) is 0 Å². The highest BCUT2D eigenvalue weighted by molar-refractivity contribution is 7.89. The molecule has 86 valence electrons. The van der Waals surface area contributed by atoms with Crippen molar-refractivity contribution < 1.29 is 12.8 Å². The molecule has 6 heteroatoms. The van der Waals surface area contributed by atoms with Crippen molar-refractivity contribution in [2.24, 2.45) is 0 Å². The van der Waals surface area contributed by atoms with Crippen molar-refractivity contribution in [2.75, 3.05) is 0 Å². The van der Waals surface area contributed by atoms with Gasteiger partial charge in [0.2, 0.25) is 10.0 Å². The minimum atomic E-state index is -3.89. The molecule has 0 spiro atoms. The molecule has 0 aliphatic carbocycles. The Kier molecular flexibility index (Phi) is 3.92. The van der Waals surface area contributed by atoms with Gasteiger partial charge in [0.05, 0.1) is 11.1 Å². The Morgan fingerprint density at radius 3 is 2.75 bits per heavy atom. The van der Waals surface area contributed by atoms with Crippen molar-refractivity contribution in [3.8, 4) is 12.3 Å². The SMILES string of the molecule is C#C[C@H](C)NS(=O)(=O)c1cc(F)ccc1Cl. The second kappa shape index (κ2) is 4.83. The molecule has 0 amide bonds. The number of benzene rings is 1. The van der Waals surface area contributed by atoms with E-state index in [0.717, 1.165) is 12.1 Å². The van der Waals surface area contributed by atoms with Crippen LogP contribution in [0.1, 0.15) is 6.92 Å². The van der Waals surface area contributed by atoms with Crippen LogP contribution in [0.2, 0.25) is 5.02 Å². The maximum Gasteiger partial charge on any atom is 0.243 e. The Bertz CT molecular complexity index is 536. The van der Waals surface area contributed by atoms with E-state index in [2.05, 4.69) is 10.6 Å². The summed E-state index contributed by atoms with van der Waals surface area (Å²) in [5, 5.41) is -0.0573. The van der Waals surface area contributed by atoms with Crippen LogP contribution in [-0.2, 0) is 10.0 Å². The molecule has 0 fully saturated rings. The van der Waals surface area contributed by atoms with Crippen LogP contribution in [0.3, 0.4) is 0 Å². The first kappa shape index (κ1) is 13.0. The van der Waals surface area contributed by atoms with Crippen molar-refractivity contribution >= 4 is 21.6 Å². The molecule has 0 unspecified atom stereocenters. The third-order valence-corrected chi connectivity index (χ3v) is 3.79. The number of terminal acetylenes is 1. The van der Waals surface area contributed by atoms with Gasteiger partial charge in [-0.2, -0.15) is 4.72 Å². The quantitative estimate of drug-likeness (QED) is 0.843. The number of rotatable bonds is 3. The highest BCUT2D eigenvalue weighted by atomic mass is 35.5. The van der Waals surface area contributed by atoms with Gasteiger partial charge in [-0.05, 0) is 25.1 Å². The molecule has 1 aromatic carbocycles. The number of hydrogen-bond donors (Lipinski definition) is 1. The van der Waals surface area contributed by atoms with Gasteiger partial charge in [0.15, 0.2) is 0 Å². The molecule has 0 saturated carbocycles. The summed E-state index contributed by atoms with van der Waals surface area (Å²) in [4.78, 5) is -0.323. The predicted molar refractivity (Wildman–Crippen MR) is 60.0 cm³/mol. The Morgan fingerprint density at radius 2 is 2.19 bits per heavy atom. The third kappa shape index (κ3) is 2.95. The largest absolute Gasteiger partial charge is 0.243 e. The fourth-order valence-electron chi connectivity index (χ4n) is 1.01. The van der Waals surface area contributed by atoms with E-state index in [1.165, 1.54) is 13.0 Å².